The van der Waals surface area contributed by atoms with Crippen molar-refractivity contribution in [2.45, 2.75) is 19.9 Å². The number of rotatable bonds is 7. The van der Waals surface area contributed by atoms with E-state index in [1.807, 2.05) is 0 Å². The summed E-state index contributed by atoms with van der Waals surface area (Å²) in [6, 6.07) is 5.23. The molecule has 0 radical (unpaired) electrons. The Labute approximate surface area is 123 Å². The molecule has 0 fully saturated rings. The number of ether oxygens (including phenoxy) is 2. The van der Waals surface area contributed by atoms with Gasteiger partial charge < -0.3 is 14.6 Å². The largest absolute Gasteiger partial charge is 0.481 e. The topological polar surface area (TPSA) is 93.1 Å². The molecule has 2 rings (SSSR count). The van der Waals surface area contributed by atoms with Crippen LogP contribution in [0.5, 0.6) is 11.5 Å². The highest BCUT2D eigenvalue weighted by Gasteiger charge is 2.22. The highest BCUT2D eigenvalue weighted by Crippen LogP contribution is 2.32. The van der Waals surface area contributed by atoms with Crippen LogP contribution in [0.15, 0.2) is 18.2 Å². The molecular weight excluding hydrogens is 298 g/mol. The molecular formula is C13H17NO6S. The summed E-state index contributed by atoms with van der Waals surface area (Å²) in [6.07, 6.45) is -0.403. The molecule has 0 amide bonds. The zero-order valence-electron chi connectivity index (χ0n) is 11.6. The minimum Gasteiger partial charge on any atom is -0.481 e. The molecule has 8 heteroatoms. The van der Waals surface area contributed by atoms with Crippen molar-refractivity contribution >= 4 is 16.0 Å². The van der Waals surface area contributed by atoms with E-state index in [0.29, 0.717) is 11.5 Å². The van der Waals surface area contributed by atoms with Gasteiger partial charge in [0.05, 0.1) is 12.2 Å². The standard InChI is InChI=1S/C13H17NO6S/c1-2-14(21(17,18)6-5-13(15)16)8-10-3-4-11-12(7-10)20-9-19-11/h3-4,7H,2,5-6,8-9H2,1H3,(H,15,16). The van der Waals surface area contributed by atoms with E-state index in [9.17, 15) is 13.2 Å². The van der Waals surface area contributed by atoms with E-state index >= 15 is 0 Å². The number of nitrogens with zero attached hydrogens (tertiary/aromatic N) is 1. The van der Waals surface area contributed by atoms with Crippen LogP contribution in [0, 0.1) is 0 Å². The molecule has 1 aliphatic rings. The smallest absolute Gasteiger partial charge is 0.304 e. The average Bonchev–Trinajstić information content (AvgIpc) is 2.90. The molecule has 1 heterocycles. The number of carboxylic acid groups (broad SMARTS) is 1. The van der Waals surface area contributed by atoms with Crippen LogP contribution in [0.4, 0.5) is 0 Å². The predicted molar refractivity (Wildman–Crippen MR) is 74.7 cm³/mol. The highest BCUT2D eigenvalue weighted by molar-refractivity contribution is 7.89. The van der Waals surface area contributed by atoms with E-state index in [-0.39, 0.29) is 19.9 Å². The molecule has 1 aromatic rings. The van der Waals surface area contributed by atoms with Gasteiger partial charge in [-0.2, -0.15) is 4.31 Å². The average molecular weight is 315 g/mol. The summed E-state index contributed by atoms with van der Waals surface area (Å²) < 4.78 is 35.9. The van der Waals surface area contributed by atoms with Crippen molar-refractivity contribution in [3.63, 3.8) is 0 Å². The van der Waals surface area contributed by atoms with Gasteiger partial charge in [0.25, 0.3) is 0 Å². The summed E-state index contributed by atoms with van der Waals surface area (Å²) in [7, 11) is -3.60. The van der Waals surface area contributed by atoms with Crippen LogP contribution in [-0.2, 0) is 21.4 Å². The van der Waals surface area contributed by atoms with E-state index in [4.69, 9.17) is 14.6 Å². The third-order valence-corrected chi connectivity index (χ3v) is 5.01. The molecule has 0 aliphatic carbocycles. The normalized spacial score (nSPS) is 13.6. The second-order valence-corrected chi connectivity index (χ2v) is 6.66. The molecule has 0 saturated carbocycles. The van der Waals surface area contributed by atoms with Gasteiger partial charge in [-0.1, -0.05) is 13.0 Å². The van der Waals surface area contributed by atoms with Crippen molar-refractivity contribution in [1.29, 1.82) is 0 Å². The molecule has 0 aromatic heterocycles. The molecule has 7 nitrogen and oxygen atoms in total. The summed E-state index contributed by atoms with van der Waals surface area (Å²) in [5.74, 6) is -0.305. The molecule has 1 aromatic carbocycles. The van der Waals surface area contributed by atoms with Crippen molar-refractivity contribution in [2.75, 3.05) is 19.1 Å². The molecule has 1 N–H and O–H groups in total. The van der Waals surface area contributed by atoms with Gasteiger partial charge in [0.15, 0.2) is 11.5 Å². The van der Waals surface area contributed by atoms with Gasteiger partial charge in [-0.15, -0.1) is 0 Å². The van der Waals surface area contributed by atoms with Crippen LogP contribution in [0.2, 0.25) is 0 Å². The first kappa shape index (κ1) is 15.6. The fourth-order valence-electron chi connectivity index (χ4n) is 2.00. The molecule has 1 aliphatic heterocycles. The number of sulfonamides is 1. The van der Waals surface area contributed by atoms with Crippen LogP contribution in [0.1, 0.15) is 18.9 Å². The lowest BCUT2D eigenvalue weighted by atomic mass is 10.2. The maximum Gasteiger partial charge on any atom is 0.304 e. The quantitative estimate of drug-likeness (QED) is 0.808. The zero-order chi connectivity index (χ0) is 15.5. The Morgan fingerprint density at radius 3 is 2.71 bits per heavy atom. The van der Waals surface area contributed by atoms with Gasteiger partial charge in [0.2, 0.25) is 16.8 Å². The number of fused-ring (bicyclic) bond motifs is 1. The number of hydrogen-bond acceptors (Lipinski definition) is 5. The van der Waals surface area contributed by atoms with Crippen LogP contribution in [0.3, 0.4) is 0 Å². The van der Waals surface area contributed by atoms with E-state index in [0.717, 1.165) is 5.56 Å². The van der Waals surface area contributed by atoms with Crippen LogP contribution in [0.25, 0.3) is 0 Å². The number of hydrogen-bond donors (Lipinski definition) is 1. The van der Waals surface area contributed by atoms with E-state index in [1.165, 1.54) is 4.31 Å². The third-order valence-electron chi connectivity index (χ3n) is 3.12. The Morgan fingerprint density at radius 1 is 1.33 bits per heavy atom. The fourth-order valence-corrected chi connectivity index (χ4v) is 3.43. The summed E-state index contributed by atoms with van der Waals surface area (Å²) in [5, 5.41) is 8.61. The maximum atomic E-state index is 12.1. The monoisotopic (exact) mass is 315 g/mol. The summed E-state index contributed by atoms with van der Waals surface area (Å²) in [5.41, 5.74) is 0.764. The lowest BCUT2D eigenvalue weighted by Crippen LogP contribution is -2.33. The number of benzene rings is 1. The van der Waals surface area contributed by atoms with Gasteiger partial charge in [0, 0.05) is 13.1 Å². The first-order chi connectivity index (χ1) is 9.92. The molecule has 0 bridgehead atoms. The molecule has 21 heavy (non-hydrogen) atoms. The molecule has 0 unspecified atom stereocenters. The van der Waals surface area contributed by atoms with Gasteiger partial charge in [-0.05, 0) is 17.7 Å². The van der Waals surface area contributed by atoms with E-state index in [1.54, 1.807) is 25.1 Å². The Kier molecular flexibility index (Phi) is 4.69. The highest BCUT2D eigenvalue weighted by atomic mass is 32.2. The number of aliphatic carboxylic acids is 1. The van der Waals surface area contributed by atoms with Crippen LogP contribution >= 0.6 is 0 Å². The van der Waals surface area contributed by atoms with Crippen LogP contribution in [-0.4, -0.2) is 42.9 Å². The van der Waals surface area contributed by atoms with Crippen LogP contribution < -0.4 is 9.47 Å². The Hall–Kier alpha value is -1.80. The van der Waals surface area contributed by atoms with Crippen molar-refractivity contribution in [1.82, 2.24) is 4.31 Å². The second-order valence-electron chi connectivity index (χ2n) is 4.57. The van der Waals surface area contributed by atoms with Gasteiger partial charge in [0.1, 0.15) is 0 Å². The first-order valence-electron chi connectivity index (χ1n) is 6.50. The number of carbonyl (C=O) groups is 1. The maximum absolute atomic E-state index is 12.1. The summed E-state index contributed by atoms with van der Waals surface area (Å²) in [4.78, 5) is 10.5. The van der Waals surface area contributed by atoms with E-state index < -0.39 is 28.2 Å². The van der Waals surface area contributed by atoms with Crippen molar-refractivity contribution < 1.29 is 27.8 Å². The summed E-state index contributed by atoms with van der Waals surface area (Å²) in [6.45, 7) is 2.32. The number of carboxylic acids is 1. The molecule has 0 saturated heterocycles. The Balaban J connectivity index is 2.10. The van der Waals surface area contributed by atoms with Crippen molar-refractivity contribution in [2.24, 2.45) is 0 Å². The Bertz CT molecular complexity index is 628. The molecule has 0 atom stereocenters. The lowest BCUT2D eigenvalue weighted by molar-refractivity contribution is -0.136. The molecule has 116 valence electrons. The predicted octanol–water partition coefficient (Wildman–Crippen LogP) is 1.04. The third kappa shape index (κ3) is 3.85. The van der Waals surface area contributed by atoms with Gasteiger partial charge in [-0.3, -0.25) is 4.79 Å². The molecule has 0 spiro atoms. The lowest BCUT2D eigenvalue weighted by Gasteiger charge is -2.20. The van der Waals surface area contributed by atoms with Gasteiger partial charge >= 0.3 is 5.97 Å². The fraction of sp³-hybridized carbons (Fsp3) is 0.462. The minimum absolute atomic E-state index is 0.160. The van der Waals surface area contributed by atoms with Crippen molar-refractivity contribution in [3.8, 4) is 11.5 Å². The Morgan fingerprint density at radius 2 is 2.05 bits per heavy atom. The minimum atomic E-state index is -3.60. The zero-order valence-corrected chi connectivity index (χ0v) is 12.4. The van der Waals surface area contributed by atoms with Crippen molar-refractivity contribution in [3.05, 3.63) is 23.8 Å². The van der Waals surface area contributed by atoms with Gasteiger partial charge in [-0.25, -0.2) is 8.42 Å². The summed E-state index contributed by atoms with van der Waals surface area (Å²) >= 11 is 0. The SMILES string of the molecule is CCN(Cc1ccc2c(c1)OCO2)S(=O)(=O)CCC(=O)O. The first-order valence-corrected chi connectivity index (χ1v) is 8.11. The van der Waals surface area contributed by atoms with E-state index in [2.05, 4.69) is 0 Å². The second kappa shape index (κ2) is 6.31.